The van der Waals surface area contributed by atoms with Crippen molar-refractivity contribution in [3.63, 3.8) is 0 Å². The molecule has 5 rings (SSSR count). The summed E-state index contributed by atoms with van der Waals surface area (Å²) < 4.78 is 47.2. The molecule has 0 radical (unpaired) electrons. The molecule has 0 aromatic heterocycles. The Bertz CT molecular complexity index is 1750. The zero-order valence-corrected chi connectivity index (χ0v) is 43.6. The number of nitrogens with zero attached hydrogens (tertiary/aromatic N) is 2. The number of amides is 3. The van der Waals surface area contributed by atoms with Crippen molar-refractivity contribution in [3.05, 3.63) is 95.1 Å². The number of anilines is 2. The van der Waals surface area contributed by atoms with Crippen molar-refractivity contribution in [1.29, 1.82) is 0 Å². The van der Waals surface area contributed by atoms with Crippen molar-refractivity contribution in [1.82, 2.24) is 5.32 Å². The molecule has 0 bridgehead atoms. The van der Waals surface area contributed by atoms with Crippen LogP contribution < -0.4 is 15.1 Å². The van der Waals surface area contributed by atoms with E-state index in [2.05, 4.69) is 93.7 Å². The molecular weight excluding hydrogens is 871 g/mol. The van der Waals surface area contributed by atoms with Crippen LogP contribution in [-0.4, -0.2) is 114 Å². The Hall–Kier alpha value is -3.49. The summed E-state index contributed by atoms with van der Waals surface area (Å²) in [6.45, 7) is 26.7. The van der Waals surface area contributed by atoms with Gasteiger partial charge in [-0.2, -0.15) is 0 Å². The van der Waals surface area contributed by atoms with Crippen LogP contribution in [0.4, 0.5) is 16.2 Å². The first-order chi connectivity index (χ1) is 31.7. The van der Waals surface area contributed by atoms with E-state index in [4.69, 9.17) is 36.0 Å². The number of epoxide rings is 2. The quantitative estimate of drug-likeness (QED) is 0.0378. The van der Waals surface area contributed by atoms with Crippen LogP contribution in [0.1, 0.15) is 117 Å². The number of rotatable bonds is 31. The maximum atomic E-state index is 13.7. The van der Waals surface area contributed by atoms with Crippen molar-refractivity contribution in [3.8, 4) is 0 Å². The predicted molar refractivity (Wildman–Crippen MR) is 266 cm³/mol. The van der Waals surface area contributed by atoms with Gasteiger partial charge in [0.15, 0.2) is 0 Å². The highest BCUT2D eigenvalue weighted by molar-refractivity contribution is 6.61. The lowest BCUT2D eigenvalue weighted by Gasteiger charge is -2.30. The number of carbonyl (C=O) groups is 2. The van der Waals surface area contributed by atoms with Crippen LogP contribution in [-0.2, 0) is 51.7 Å². The van der Waals surface area contributed by atoms with Crippen molar-refractivity contribution in [2.24, 2.45) is 0 Å². The van der Waals surface area contributed by atoms with Gasteiger partial charge in [-0.1, -0.05) is 76.2 Å². The summed E-state index contributed by atoms with van der Waals surface area (Å²) >= 11 is 0. The van der Waals surface area contributed by atoms with Gasteiger partial charge in [-0.3, -0.25) is 9.69 Å². The van der Waals surface area contributed by atoms with Gasteiger partial charge in [0.1, 0.15) is 0 Å². The highest BCUT2D eigenvalue weighted by atomic mass is 28.4. The first-order valence-corrected chi connectivity index (χ1v) is 28.3. The number of nitrogens with one attached hydrogen (secondary N) is 1. The summed E-state index contributed by atoms with van der Waals surface area (Å²) in [7, 11) is -5.53. The highest BCUT2D eigenvalue weighted by Gasteiger charge is 2.41. The van der Waals surface area contributed by atoms with E-state index in [1.807, 2.05) is 58.6 Å². The minimum atomic E-state index is -2.79. The topological polar surface area (TPSA) is 133 Å². The number of carbonyl (C=O) groups excluding carboxylic acids is 2. The molecule has 2 heterocycles. The van der Waals surface area contributed by atoms with Gasteiger partial charge in [-0.05, 0) is 107 Å². The standard InChI is InChI=1S/C51H79N3O10Si2/c1-11-59-65(60-12-2,61-13-3)34-18-17-20-48(55)53(36-46-38-57-46)44-29-25-42(26-30-44)50(7,8)40-21-23-41(24-22-40)51(9,10)43-27-31-45(32-28-43)54(37-47-39-58-47)49(56)52-33-19-35-66(62-14-4,63-15-5)64-16-6/h21-32,46-47H,11-20,33-39H2,1-10H3,(H,52,56). The Kier molecular flexibility index (Phi) is 20.4. The van der Waals surface area contributed by atoms with Crippen LogP contribution in [0, 0.1) is 0 Å². The molecule has 0 saturated carbocycles. The van der Waals surface area contributed by atoms with E-state index >= 15 is 0 Å². The van der Waals surface area contributed by atoms with Crippen LogP contribution in [0.25, 0.3) is 0 Å². The molecule has 2 atom stereocenters. The number of urea groups is 1. The van der Waals surface area contributed by atoms with Crippen LogP contribution in [0.2, 0.25) is 12.1 Å². The average Bonchev–Trinajstić information content (AvgIpc) is 4.26. The van der Waals surface area contributed by atoms with E-state index in [-0.39, 0.29) is 35.0 Å². The number of ether oxygens (including phenoxy) is 2. The second-order valence-electron chi connectivity index (χ2n) is 18.0. The molecule has 0 spiro atoms. The molecule has 0 aliphatic carbocycles. The van der Waals surface area contributed by atoms with Crippen LogP contribution in [0.3, 0.4) is 0 Å². The third-order valence-electron chi connectivity index (χ3n) is 12.5. The maximum absolute atomic E-state index is 13.7. The van der Waals surface area contributed by atoms with E-state index < -0.39 is 17.6 Å². The van der Waals surface area contributed by atoms with Crippen LogP contribution in [0.5, 0.6) is 0 Å². The highest BCUT2D eigenvalue weighted by Crippen LogP contribution is 2.37. The Morgan fingerprint density at radius 2 is 0.879 bits per heavy atom. The summed E-state index contributed by atoms with van der Waals surface area (Å²) in [6.07, 6.45) is 2.73. The SMILES string of the molecule is CCO[Si](CCCCC(=O)N(CC1CO1)c1ccc(C(C)(C)c2ccc(C(C)(C)c3ccc(N(CC4CO4)C(=O)NCCC[Si](OCC)(OCC)OCC)cc3)cc2)cc1)(OCC)OCC. The summed E-state index contributed by atoms with van der Waals surface area (Å²) in [5.41, 5.74) is 5.81. The van der Waals surface area contributed by atoms with Gasteiger partial charge in [0.25, 0.3) is 0 Å². The molecule has 15 heteroatoms. The van der Waals surface area contributed by atoms with E-state index in [1.165, 1.54) is 11.1 Å². The number of hydrogen-bond acceptors (Lipinski definition) is 10. The van der Waals surface area contributed by atoms with Gasteiger partial charge in [0.2, 0.25) is 5.91 Å². The van der Waals surface area contributed by atoms with Crippen molar-refractivity contribution < 1.29 is 45.6 Å². The number of unbranched alkanes of at least 4 members (excludes halogenated alkanes) is 1. The zero-order valence-electron chi connectivity index (χ0n) is 41.6. The molecule has 3 aromatic rings. The largest absolute Gasteiger partial charge is 0.500 e. The normalized spacial score (nSPS) is 16.3. The van der Waals surface area contributed by atoms with E-state index in [0.717, 1.165) is 35.3 Å². The molecule has 2 aliphatic heterocycles. The summed E-state index contributed by atoms with van der Waals surface area (Å²) in [6, 6.07) is 26.8. The predicted octanol–water partition coefficient (Wildman–Crippen LogP) is 9.64. The molecule has 3 amide bonds. The Morgan fingerprint density at radius 1 is 0.545 bits per heavy atom. The molecule has 3 aromatic carbocycles. The van der Waals surface area contributed by atoms with Gasteiger partial charge in [0, 0.05) is 86.9 Å². The first-order valence-electron chi connectivity index (χ1n) is 24.4. The fraction of sp³-hybridized carbons (Fsp3) is 0.608. The summed E-state index contributed by atoms with van der Waals surface area (Å²) in [4.78, 5) is 31.0. The molecule has 2 fully saturated rings. The minimum Gasteiger partial charge on any atom is -0.374 e. The number of benzene rings is 3. The molecule has 2 saturated heterocycles. The van der Waals surface area contributed by atoms with Crippen molar-refractivity contribution in [2.75, 3.05) is 82.3 Å². The van der Waals surface area contributed by atoms with Crippen molar-refractivity contribution >= 4 is 40.9 Å². The average molecular weight is 950 g/mol. The lowest BCUT2D eigenvalue weighted by molar-refractivity contribution is -0.118. The Morgan fingerprint density at radius 3 is 1.24 bits per heavy atom. The van der Waals surface area contributed by atoms with E-state index in [0.29, 0.717) is 97.4 Å². The van der Waals surface area contributed by atoms with Gasteiger partial charge < -0.3 is 46.2 Å². The van der Waals surface area contributed by atoms with Crippen LogP contribution in [0.15, 0.2) is 72.8 Å². The third kappa shape index (κ3) is 14.8. The Labute approximate surface area is 397 Å². The lowest BCUT2D eigenvalue weighted by Crippen LogP contribution is -2.47. The minimum absolute atomic E-state index is 0.0329. The second kappa shape index (κ2) is 25.2. The summed E-state index contributed by atoms with van der Waals surface area (Å²) in [5, 5.41) is 3.11. The van der Waals surface area contributed by atoms with Gasteiger partial charge in [0.05, 0.1) is 38.5 Å². The Balaban J connectivity index is 1.21. The molecule has 366 valence electrons. The fourth-order valence-corrected chi connectivity index (χ4v) is 13.8. The first kappa shape index (κ1) is 53.5. The molecule has 13 nitrogen and oxygen atoms in total. The molecule has 66 heavy (non-hydrogen) atoms. The van der Waals surface area contributed by atoms with Crippen molar-refractivity contribution in [2.45, 2.75) is 130 Å². The molecule has 2 unspecified atom stereocenters. The fourth-order valence-electron chi connectivity index (χ4n) is 8.51. The van der Waals surface area contributed by atoms with Crippen LogP contribution >= 0.6 is 0 Å². The third-order valence-corrected chi connectivity index (χ3v) is 18.8. The smallest absolute Gasteiger partial charge is 0.374 e. The monoisotopic (exact) mass is 950 g/mol. The van der Waals surface area contributed by atoms with Gasteiger partial charge >= 0.3 is 23.6 Å². The zero-order chi connectivity index (χ0) is 47.8. The second-order valence-corrected chi connectivity index (χ2v) is 23.4. The lowest BCUT2D eigenvalue weighted by atomic mass is 9.74. The maximum Gasteiger partial charge on any atom is 0.500 e. The van der Waals surface area contributed by atoms with Gasteiger partial charge in [-0.25, -0.2) is 4.79 Å². The molecule has 2 aliphatic rings. The van der Waals surface area contributed by atoms with Gasteiger partial charge in [-0.15, -0.1) is 0 Å². The molecular formula is C51H79N3O10Si2. The molecule has 1 N–H and O–H groups in total. The van der Waals surface area contributed by atoms with E-state index in [1.54, 1.807) is 4.90 Å². The van der Waals surface area contributed by atoms with E-state index in [9.17, 15) is 9.59 Å². The number of hydrogen-bond donors (Lipinski definition) is 1. The summed E-state index contributed by atoms with van der Waals surface area (Å²) in [5.74, 6) is 0.0894.